The van der Waals surface area contributed by atoms with E-state index in [-0.39, 0.29) is 28.4 Å². The molecule has 0 unspecified atom stereocenters. The molecule has 2 aliphatic heterocycles. The van der Waals surface area contributed by atoms with Crippen LogP contribution in [-0.4, -0.2) is 45.4 Å². The average molecular weight is 465 g/mol. The summed E-state index contributed by atoms with van der Waals surface area (Å²) in [4.78, 5) is 14.7. The van der Waals surface area contributed by atoms with Crippen LogP contribution in [0.1, 0.15) is 48.0 Å². The van der Waals surface area contributed by atoms with Crippen LogP contribution in [0.4, 0.5) is 14.5 Å². The van der Waals surface area contributed by atoms with Gasteiger partial charge in [-0.15, -0.1) is 0 Å². The number of halogens is 2. The zero-order valence-electron chi connectivity index (χ0n) is 17.9. The molecule has 0 bridgehead atoms. The maximum atomic E-state index is 14.6. The van der Waals surface area contributed by atoms with Crippen molar-refractivity contribution in [2.24, 2.45) is 0 Å². The first-order valence-corrected chi connectivity index (χ1v) is 12.2. The van der Waals surface area contributed by atoms with E-state index in [1.807, 2.05) is 0 Å². The number of amides is 1. The Morgan fingerprint density at radius 2 is 1.69 bits per heavy atom. The minimum atomic E-state index is -3.79. The highest BCUT2D eigenvalue weighted by Gasteiger charge is 2.31. The van der Waals surface area contributed by atoms with Gasteiger partial charge in [-0.25, -0.2) is 17.2 Å². The summed E-state index contributed by atoms with van der Waals surface area (Å²) in [5.41, 5.74) is 0.472. The summed E-state index contributed by atoms with van der Waals surface area (Å²) >= 11 is 0. The third kappa shape index (κ3) is 4.23. The molecule has 1 saturated heterocycles. The molecule has 9 heteroatoms. The maximum absolute atomic E-state index is 14.6. The SMILES string of the molecule is COc1ccc(S(=O)(=O)N2CCCCCC2)cc1C(=O)N1CCCc2cc(F)cc(F)c21. The number of rotatable bonds is 4. The minimum Gasteiger partial charge on any atom is -0.496 e. The molecule has 0 aliphatic carbocycles. The second kappa shape index (κ2) is 9.15. The van der Waals surface area contributed by atoms with Gasteiger partial charge in [0.1, 0.15) is 17.4 Å². The van der Waals surface area contributed by atoms with E-state index >= 15 is 0 Å². The van der Waals surface area contributed by atoms with E-state index in [0.29, 0.717) is 31.5 Å². The van der Waals surface area contributed by atoms with E-state index in [4.69, 9.17) is 4.74 Å². The predicted molar refractivity (Wildman–Crippen MR) is 117 cm³/mol. The Morgan fingerprint density at radius 3 is 2.38 bits per heavy atom. The third-order valence-electron chi connectivity index (χ3n) is 6.05. The number of carbonyl (C=O) groups is 1. The van der Waals surface area contributed by atoms with Crippen molar-refractivity contribution in [1.82, 2.24) is 4.31 Å². The largest absolute Gasteiger partial charge is 0.496 e. The number of carbonyl (C=O) groups excluding carboxylic acids is 1. The Balaban J connectivity index is 1.74. The van der Waals surface area contributed by atoms with Gasteiger partial charge in [-0.2, -0.15) is 4.31 Å². The second-order valence-electron chi connectivity index (χ2n) is 8.14. The third-order valence-corrected chi connectivity index (χ3v) is 7.95. The topological polar surface area (TPSA) is 66.9 Å². The highest BCUT2D eigenvalue weighted by molar-refractivity contribution is 7.89. The summed E-state index contributed by atoms with van der Waals surface area (Å²) < 4.78 is 61.6. The molecule has 32 heavy (non-hydrogen) atoms. The molecular weight excluding hydrogens is 438 g/mol. The molecule has 172 valence electrons. The lowest BCUT2D eigenvalue weighted by molar-refractivity contribution is 0.0981. The first kappa shape index (κ1) is 22.7. The van der Waals surface area contributed by atoms with Gasteiger partial charge in [-0.3, -0.25) is 4.79 Å². The molecule has 0 radical (unpaired) electrons. The van der Waals surface area contributed by atoms with Gasteiger partial charge in [-0.1, -0.05) is 12.8 Å². The van der Waals surface area contributed by atoms with Crippen molar-refractivity contribution in [2.75, 3.05) is 31.6 Å². The van der Waals surface area contributed by atoms with E-state index in [2.05, 4.69) is 0 Å². The summed E-state index contributed by atoms with van der Waals surface area (Å²) in [6, 6.07) is 6.16. The lowest BCUT2D eigenvalue weighted by Crippen LogP contribution is -2.37. The lowest BCUT2D eigenvalue weighted by atomic mass is 10.00. The Bertz CT molecular complexity index is 1130. The molecule has 0 saturated carbocycles. The van der Waals surface area contributed by atoms with Crippen molar-refractivity contribution in [2.45, 2.75) is 43.4 Å². The van der Waals surface area contributed by atoms with Gasteiger partial charge >= 0.3 is 0 Å². The van der Waals surface area contributed by atoms with Gasteiger partial charge in [0.05, 0.1) is 23.3 Å². The smallest absolute Gasteiger partial charge is 0.262 e. The highest BCUT2D eigenvalue weighted by Crippen LogP contribution is 2.34. The van der Waals surface area contributed by atoms with Crippen LogP contribution in [0, 0.1) is 11.6 Å². The Hall–Kier alpha value is -2.52. The number of methoxy groups -OCH3 is 1. The van der Waals surface area contributed by atoms with E-state index in [9.17, 15) is 22.0 Å². The number of hydrogen-bond donors (Lipinski definition) is 0. The molecular formula is C23H26F2N2O4S. The van der Waals surface area contributed by atoms with E-state index in [0.717, 1.165) is 31.7 Å². The zero-order chi connectivity index (χ0) is 22.9. The molecule has 0 N–H and O–H groups in total. The van der Waals surface area contributed by atoms with E-state index < -0.39 is 27.6 Å². The molecule has 6 nitrogen and oxygen atoms in total. The molecule has 2 heterocycles. The van der Waals surface area contributed by atoms with Crippen LogP contribution in [-0.2, 0) is 16.4 Å². The average Bonchev–Trinajstić information content (AvgIpc) is 3.07. The predicted octanol–water partition coefficient (Wildman–Crippen LogP) is 4.13. The van der Waals surface area contributed by atoms with E-state index in [1.54, 1.807) is 0 Å². The summed E-state index contributed by atoms with van der Waals surface area (Å²) in [5.74, 6) is -1.90. The normalized spacial score (nSPS) is 17.5. The lowest BCUT2D eigenvalue weighted by Gasteiger charge is -2.30. The van der Waals surface area contributed by atoms with Crippen molar-refractivity contribution in [1.29, 1.82) is 0 Å². The van der Waals surface area contributed by atoms with Crippen LogP contribution in [0.15, 0.2) is 35.2 Å². The number of nitrogens with zero attached hydrogens (tertiary/aromatic N) is 2. The molecule has 0 spiro atoms. The van der Waals surface area contributed by atoms with Crippen molar-refractivity contribution >= 4 is 21.6 Å². The molecule has 2 aromatic rings. The standard InChI is InChI=1S/C23H26F2N2O4S/c1-31-21-9-8-18(32(29,30)26-10-4-2-3-5-11-26)15-19(21)23(28)27-12-6-7-16-13-17(24)14-20(25)22(16)27/h8-9,13-15H,2-7,10-12H2,1H3. The van der Waals surface area contributed by atoms with Crippen LogP contribution < -0.4 is 9.64 Å². The van der Waals surface area contributed by atoms with E-state index in [1.165, 1.54) is 40.6 Å². The number of sulfonamides is 1. The number of anilines is 1. The Kier molecular flexibility index (Phi) is 6.48. The summed E-state index contributed by atoms with van der Waals surface area (Å²) in [5, 5.41) is 0. The summed E-state index contributed by atoms with van der Waals surface area (Å²) in [6.07, 6.45) is 4.55. The van der Waals surface area contributed by atoms with Crippen molar-refractivity contribution in [3.8, 4) is 5.75 Å². The second-order valence-corrected chi connectivity index (χ2v) is 10.1. The molecule has 2 aliphatic rings. The van der Waals surface area contributed by atoms with Crippen LogP contribution in [0.25, 0.3) is 0 Å². The first-order valence-electron chi connectivity index (χ1n) is 10.8. The van der Waals surface area contributed by atoms with Crippen molar-refractivity contribution in [3.63, 3.8) is 0 Å². The zero-order valence-corrected chi connectivity index (χ0v) is 18.8. The molecule has 0 aromatic heterocycles. The number of ether oxygens (including phenoxy) is 1. The monoisotopic (exact) mass is 464 g/mol. The highest BCUT2D eigenvalue weighted by atomic mass is 32.2. The number of benzene rings is 2. The Morgan fingerprint density at radius 1 is 0.969 bits per heavy atom. The van der Waals surface area contributed by atoms with Crippen molar-refractivity contribution in [3.05, 3.63) is 53.1 Å². The van der Waals surface area contributed by atoms with Crippen LogP contribution in [0.2, 0.25) is 0 Å². The number of aryl methyl sites for hydroxylation is 1. The van der Waals surface area contributed by atoms with Crippen molar-refractivity contribution < 1.29 is 26.7 Å². The fourth-order valence-electron chi connectivity index (χ4n) is 4.45. The fraction of sp³-hybridized carbons (Fsp3) is 0.435. The fourth-order valence-corrected chi connectivity index (χ4v) is 5.99. The minimum absolute atomic E-state index is 0.000334. The number of fused-ring (bicyclic) bond motifs is 1. The van der Waals surface area contributed by atoms with Gasteiger partial charge in [0.2, 0.25) is 10.0 Å². The quantitative estimate of drug-likeness (QED) is 0.683. The van der Waals surface area contributed by atoms with Gasteiger partial charge in [0, 0.05) is 25.7 Å². The summed E-state index contributed by atoms with van der Waals surface area (Å²) in [7, 11) is -2.40. The van der Waals surface area contributed by atoms with Crippen LogP contribution in [0.5, 0.6) is 5.75 Å². The van der Waals surface area contributed by atoms with Gasteiger partial charge in [-0.05, 0) is 55.5 Å². The van der Waals surface area contributed by atoms with Gasteiger partial charge in [0.25, 0.3) is 5.91 Å². The maximum Gasteiger partial charge on any atom is 0.262 e. The van der Waals surface area contributed by atoms with Gasteiger partial charge < -0.3 is 9.64 Å². The van der Waals surface area contributed by atoms with Gasteiger partial charge in [0.15, 0.2) is 0 Å². The first-order chi connectivity index (χ1) is 15.3. The molecule has 1 fully saturated rings. The molecule has 2 aromatic carbocycles. The molecule has 4 rings (SSSR count). The van der Waals surface area contributed by atoms with Crippen LogP contribution >= 0.6 is 0 Å². The summed E-state index contributed by atoms with van der Waals surface area (Å²) in [6.45, 7) is 1.11. The Labute approximate surface area is 186 Å². The molecule has 0 atom stereocenters. The molecule has 1 amide bonds. The number of hydrogen-bond acceptors (Lipinski definition) is 4. The van der Waals surface area contributed by atoms with Crippen LogP contribution in [0.3, 0.4) is 0 Å².